The highest BCUT2D eigenvalue weighted by molar-refractivity contribution is 5.77. The molecule has 0 saturated carbocycles. The maximum absolute atomic E-state index is 10.2. The second-order valence-corrected chi connectivity index (χ2v) is 4.70. The molecular weight excluding hydrogens is 228 g/mol. The van der Waals surface area contributed by atoms with E-state index in [0.717, 1.165) is 23.8 Å². The normalized spacial score (nSPS) is 15.2. The first-order chi connectivity index (χ1) is 8.67. The van der Waals surface area contributed by atoms with E-state index < -0.39 is 12.2 Å². The molecule has 2 N–H and O–H groups in total. The Morgan fingerprint density at radius 2 is 1.78 bits per heavy atom. The van der Waals surface area contributed by atoms with Gasteiger partial charge in [-0.15, -0.1) is 0 Å². The summed E-state index contributed by atoms with van der Waals surface area (Å²) in [6.07, 6.45) is -0.0490. The van der Waals surface area contributed by atoms with E-state index in [-0.39, 0.29) is 5.92 Å². The smallest absolute Gasteiger partial charge is 0.138 e. The van der Waals surface area contributed by atoms with Crippen molar-refractivity contribution in [1.29, 1.82) is 0 Å². The lowest BCUT2D eigenvalue weighted by molar-refractivity contribution is -0.0304. The zero-order chi connectivity index (χ0) is 13.1. The van der Waals surface area contributed by atoms with Crippen LogP contribution in [0.1, 0.15) is 38.6 Å². The molecule has 2 atom stereocenters. The summed E-state index contributed by atoms with van der Waals surface area (Å²) >= 11 is 0. The van der Waals surface area contributed by atoms with E-state index in [9.17, 15) is 10.2 Å². The molecule has 0 bridgehead atoms. The van der Waals surface area contributed by atoms with Gasteiger partial charge in [-0.25, -0.2) is 0 Å². The van der Waals surface area contributed by atoms with Gasteiger partial charge < -0.3 is 14.6 Å². The zero-order valence-electron chi connectivity index (χ0n) is 10.8. The Labute approximate surface area is 107 Å². The Bertz CT molecular complexity index is 466. The van der Waals surface area contributed by atoms with Crippen molar-refractivity contribution < 1.29 is 14.6 Å². The third-order valence-corrected chi connectivity index (χ3v) is 3.59. The number of para-hydroxylation sites is 1. The Morgan fingerprint density at radius 3 is 2.39 bits per heavy atom. The van der Waals surface area contributed by atoms with E-state index in [1.54, 1.807) is 6.07 Å². The van der Waals surface area contributed by atoms with Gasteiger partial charge in [-0.2, -0.15) is 0 Å². The third kappa shape index (κ3) is 2.42. The molecule has 0 radical (unpaired) electrons. The molecule has 0 saturated heterocycles. The van der Waals surface area contributed by atoms with Crippen molar-refractivity contribution in [2.45, 2.75) is 38.9 Å². The van der Waals surface area contributed by atoms with Crippen molar-refractivity contribution in [1.82, 2.24) is 0 Å². The summed E-state index contributed by atoms with van der Waals surface area (Å²) in [6.45, 7) is 4.03. The van der Waals surface area contributed by atoms with Crippen LogP contribution in [0, 0.1) is 5.92 Å². The number of hydrogen-bond donors (Lipinski definition) is 2. The van der Waals surface area contributed by atoms with Gasteiger partial charge in [0, 0.05) is 5.39 Å². The van der Waals surface area contributed by atoms with E-state index in [1.807, 2.05) is 38.1 Å². The highest BCUT2D eigenvalue weighted by Crippen LogP contribution is 2.29. The highest BCUT2D eigenvalue weighted by atomic mass is 16.4. The van der Waals surface area contributed by atoms with Gasteiger partial charge in [-0.3, -0.25) is 0 Å². The number of aliphatic hydroxyl groups is 2. The standard InChI is InChI=1S/C15H20O3/c1-3-10(4-2)14(16)15(17)13-9-11-7-5-6-8-12(11)18-13/h5-10,14-17H,3-4H2,1-2H3. The molecular formula is C15H20O3. The van der Waals surface area contributed by atoms with Gasteiger partial charge in [0.2, 0.25) is 0 Å². The summed E-state index contributed by atoms with van der Waals surface area (Å²) in [4.78, 5) is 0. The fourth-order valence-electron chi connectivity index (χ4n) is 2.35. The lowest BCUT2D eigenvalue weighted by Crippen LogP contribution is -2.26. The molecule has 1 heterocycles. The fraction of sp³-hybridized carbons (Fsp3) is 0.467. The maximum atomic E-state index is 10.2. The molecule has 18 heavy (non-hydrogen) atoms. The molecule has 2 rings (SSSR count). The average Bonchev–Trinajstić information content (AvgIpc) is 2.82. The van der Waals surface area contributed by atoms with Crippen LogP contribution in [-0.4, -0.2) is 16.3 Å². The molecule has 1 aromatic heterocycles. The molecule has 3 nitrogen and oxygen atoms in total. The highest BCUT2D eigenvalue weighted by Gasteiger charge is 2.27. The molecule has 0 spiro atoms. The summed E-state index contributed by atoms with van der Waals surface area (Å²) in [7, 11) is 0. The molecule has 0 fully saturated rings. The predicted molar refractivity (Wildman–Crippen MR) is 71.3 cm³/mol. The van der Waals surface area contributed by atoms with Crippen LogP contribution in [0.2, 0.25) is 0 Å². The molecule has 0 aliphatic carbocycles. The van der Waals surface area contributed by atoms with Crippen LogP contribution in [0.5, 0.6) is 0 Å². The van der Waals surface area contributed by atoms with Gasteiger partial charge in [-0.1, -0.05) is 44.9 Å². The van der Waals surface area contributed by atoms with Gasteiger partial charge in [0.25, 0.3) is 0 Å². The predicted octanol–water partition coefficient (Wildman–Crippen LogP) is 3.26. The van der Waals surface area contributed by atoms with Crippen LogP contribution in [-0.2, 0) is 0 Å². The molecule has 0 amide bonds. The van der Waals surface area contributed by atoms with Crippen LogP contribution in [0.15, 0.2) is 34.7 Å². The van der Waals surface area contributed by atoms with E-state index >= 15 is 0 Å². The molecule has 3 heteroatoms. The Kier molecular flexibility index (Phi) is 4.04. The van der Waals surface area contributed by atoms with Crippen molar-refractivity contribution in [3.05, 3.63) is 36.1 Å². The van der Waals surface area contributed by atoms with Crippen LogP contribution >= 0.6 is 0 Å². The first-order valence-corrected chi connectivity index (χ1v) is 6.52. The first kappa shape index (κ1) is 13.1. The summed E-state index contributed by atoms with van der Waals surface area (Å²) in [6, 6.07) is 9.39. The van der Waals surface area contributed by atoms with Crippen molar-refractivity contribution in [2.75, 3.05) is 0 Å². The number of hydrogen-bond acceptors (Lipinski definition) is 3. The minimum Gasteiger partial charge on any atom is -0.458 e. The minimum absolute atomic E-state index is 0.0909. The quantitative estimate of drug-likeness (QED) is 0.854. The second kappa shape index (κ2) is 5.55. The summed E-state index contributed by atoms with van der Waals surface area (Å²) in [5.41, 5.74) is 0.739. The van der Waals surface area contributed by atoms with Gasteiger partial charge in [0.1, 0.15) is 17.4 Å². The van der Waals surface area contributed by atoms with E-state index in [2.05, 4.69) is 0 Å². The average molecular weight is 248 g/mol. The first-order valence-electron chi connectivity index (χ1n) is 6.52. The van der Waals surface area contributed by atoms with Crippen molar-refractivity contribution in [3.63, 3.8) is 0 Å². The zero-order valence-corrected chi connectivity index (χ0v) is 10.8. The number of benzene rings is 1. The molecule has 0 aliphatic rings. The topological polar surface area (TPSA) is 53.6 Å². The summed E-state index contributed by atoms with van der Waals surface area (Å²) in [5.74, 6) is 0.531. The van der Waals surface area contributed by atoms with E-state index in [4.69, 9.17) is 4.42 Å². The van der Waals surface area contributed by atoms with Crippen LogP contribution in [0.25, 0.3) is 11.0 Å². The lowest BCUT2D eigenvalue weighted by Gasteiger charge is -2.23. The largest absolute Gasteiger partial charge is 0.458 e. The fourth-order valence-corrected chi connectivity index (χ4v) is 2.35. The monoisotopic (exact) mass is 248 g/mol. The van der Waals surface area contributed by atoms with Gasteiger partial charge in [-0.05, 0) is 18.1 Å². The summed E-state index contributed by atoms with van der Waals surface area (Å²) in [5, 5.41) is 21.3. The van der Waals surface area contributed by atoms with Crippen LogP contribution in [0.3, 0.4) is 0 Å². The van der Waals surface area contributed by atoms with Gasteiger partial charge in [0.15, 0.2) is 0 Å². The number of aliphatic hydroxyl groups excluding tert-OH is 2. The van der Waals surface area contributed by atoms with Crippen molar-refractivity contribution >= 4 is 11.0 Å². The molecule has 1 aromatic carbocycles. The number of rotatable bonds is 5. The summed E-state index contributed by atoms with van der Waals surface area (Å²) < 4.78 is 5.58. The van der Waals surface area contributed by atoms with Crippen LogP contribution < -0.4 is 0 Å². The van der Waals surface area contributed by atoms with Crippen molar-refractivity contribution in [2.24, 2.45) is 5.92 Å². The third-order valence-electron chi connectivity index (χ3n) is 3.59. The number of fused-ring (bicyclic) bond motifs is 1. The van der Waals surface area contributed by atoms with Crippen molar-refractivity contribution in [3.8, 4) is 0 Å². The van der Waals surface area contributed by atoms with Gasteiger partial charge >= 0.3 is 0 Å². The molecule has 98 valence electrons. The van der Waals surface area contributed by atoms with E-state index in [0.29, 0.717) is 5.76 Å². The van der Waals surface area contributed by atoms with Crippen LogP contribution in [0.4, 0.5) is 0 Å². The van der Waals surface area contributed by atoms with E-state index in [1.165, 1.54) is 0 Å². The Hall–Kier alpha value is -1.32. The SMILES string of the molecule is CCC(CC)C(O)C(O)c1cc2ccccc2o1. The molecule has 2 aromatic rings. The number of furan rings is 1. The van der Waals surface area contributed by atoms with Gasteiger partial charge in [0.05, 0.1) is 6.10 Å². The Balaban J connectivity index is 2.24. The second-order valence-electron chi connectivity index (χ2n) is 4.70. The lowest BCUT2D eigenvalue weighted by atomic mass is 9.92. The molecule has 0 aliphatic heterocycles. The maximum Gasteiger partial charge on any atom is 0.138 e. The minimum atomic E-state index is -0.956. The molecule has 2 unspecified atom stereocenters. The Morgan fingerprint density at radius 1 is 1.11 bits per heavy atom.